The average molecular weight is 624 g/mol. The topological polar surface area (TPSA) is 124 Å². The molecule has 0 spiro atoms. The van der Waals surface area contributed by atoms with Gasteiger partial charge in [-0.25, -0.2) is 8.78 Å². The molecule has 0 bridgehead atoms. The maximum atomic E-state index is 15.5. The summed E-state index contributed by atoms with van der Waals surface area (Å²) in [7, 11) is 0. The number of nitrogens with one attached hydrogen (secondary N) is 3. The Kier molecular flexibility index (Phi) is 13.4. The van der Waals surface area contributed by atoms with E-state index in [0.717, 1.165) is 31.4 Å². The zero-order valence-corrected chi connectivity index (χ0v) is 26.9. The van der Waals surface area contributed by atoms with Crippen LogP contribution in [-0.2, 0) is 14.3 Å². The van der Waals surface area contributed by atoms with Gasteiger partial charge in [-0.1, -0.05) is 39.2 Å². The van der Waals surface area contributed by atoms with E-state index in [1.54, 1.807) is 6.92 Å². The molecule has 3 saturated heterocycles. The van der Waals surface area contributed by atoms with Crippen LogP contribution in [0.15, 0.2) is 16.8 Å². The molecule has 0 aliphatic carbocycles. The van der Waals surface area contributed by atoms with Crippen molar-refractivity contribution >= 4 is 17.5 Å². The van der Waals surface area contributed by atoms with Gasteiger partial charge < -0.3 is 31.3 Å². The highest BCUT2D eigenvalue weighted by Gasteiger charge is 2.42. The molecule has 0 aromatic carbocycles. The SMILES string of the molecule is CCCCCC(C)/C1=C/CC(F)C/N=C(\C)C(C(=O)NC2CNCC(F)C2N2CCC(C(=O)N3CCOCC3)CC2)C(N)N1. The first-order valence-electron chi connectivity index (χ1n) is 16.8. The Labute approximate surface area is 262 Å². The van der Waals surface area contributed by atoms with Gasteiger partial charge in [0, 0.05) is 49.9 Å². The van der Waals surface area contributed by atoms with Gasteiger partial charge in [-0.15, -0.1) is 0 Å². The molecular weight excluding hydrogens is 568 g/mol. The zero-order chi connectivity index (χ0) is 31.6. The number of alkyl halides is 2. The zero-order valence-electron chi connectivity index (χ0n) is 26.9. The lowest BCUT2D eigenvalue weighted by molar-refractivity contribution is -0.141. The van der Waals surface area contributed by atoms with Crippen LogP contribution in [0.3, 0.4) is 0 Å². The molecular formula is C32H55F2N7O3. The van der Waals surface area contributed by atoms with Gasteiger partial charge in [-0.3, -0.25) is 19.5 Å². The number of ether oxygens (including phenoxy) is 1. The van der Waals surface area contributed by atoms with Gasteiger partial charge in [0.15, 0.2) is 0 Å². The number of piperidine rings is 2. The van der Waals surface area contributed by atoms with Gasteiger partial charge in [-0.05, 0) is 45.2 Å². The van der Waals surface area contributed by atoms with E-state index in [4.69, 9.17) is 10.5 Å². The van der Waals surface area contributed by atoms with Crippen LogP contribution >= 0.6 is 0 Å². The van der Waals surface area contributed by atoms with Crippen LogP contribution in [0.2, 0.25) is 0 Å². The van der Waals surface area contributed by atoms with Crippen LogP contribution < -0.4 is 21.7 Å². The van der Waals surface area contributed by atoms with Gasteiger partial charge in [0.1, 0.15) is 18.3 Å². The molecule has 2 amide bonds. The molecule has 4 heterocycles. The molecule has 5 N–H and O–H groups in total. The fourth-order valence-corrected chi connectivity index (χ4v) is 7.07. The third-order valence-electron chi connectivity index (χ3n) is 9.77. The quantitative estimate of drug-likeness (QED) is 0.290. The fourth-order valence-electron chi connectivity index (χ4n) is 7.07. The number of hydrogen-bond acceptors (Lipinski definition) is 8. The lowest BCUT2D eigenvalue weighted by Crippen LogP contribution is -2.67. The number of amides is 2. The highest BCUT2D eigenvalue weighted by atomic mass is 19.1. The van der Waals surface area contributed by atoms with E-state index in [0.29, 0.717) is 64.5 Å². The molecule has 7 atom stereocenters. The Morgan fingerprint density at radius 2 is 1.89 bits per heavy atom. The summed E-state index contributed by atoms with van der Waals surface area (Å²) in [5.41, 5.74) is 7.98. The summed E-state index contributed by atoms with van der Waals surface area (Å²) in [6.45, 7) is 10.1. The first kappa shape index (κ1) is 34.7. The second-order valence-electron chi connectivity index (χ2n) is 13.0. The summed E-state index contributed by atoms with van der Waals surface area (Å²) in [5.74, 6) is -0.949. The molecule has 7 unspecified atom stereocenters. The average Bonchev–Trinajstić information content (AvgIpc) is 3.02. The van der Waals surface area contributed by atoms with Crippen LogP contribution in [0.1, 0.15) is 65.7 Å². The number of rotatable bonds is 9. The lowest BCUT2D eigenvalue weighted by Gasteiger charge is -2.45. The van der Waals surface area contributed by atoms with Crippen molar-refractivity contribution in [1.29, 1.82) is 0 Å². The molecule has 250 valence electrons. The number of carbonyl (C=O) groups excluding carboxylic acids is 2. The second kappa shape index (κ2) is 17.0. The Hall–Kier alpha value is -2.15. The van der Waals surface area contributed by atoms with Crippen LogP contribution in [0.4, 0.5) is 8.78 Å². The van der Waals surface area contributed by atoms with Gasteiger partial charge in [0.05, 0.1) is 38.0 Å². The van der Waals surface area contributed by atoms with E-state index in [1.165, 1.54) is 0 Å². The van der Waals surface area contributed by atoms with Gasteiger partial charge >= 0.3 is 0 Å². The minimum absolute atomic E-state index is 0.0331. The maximum Gasteiger partial charge on any atom is 0.232 e. The standard InChI is InChI=1S/C32H55F2N7O3/c1-4-5-6-7-21(2)26-9-8-24(33)18-37-22(3)28(30(35)38-26)31(42)39-27-20-36-19-25(34)29(27)40-12-10-23(11-13-40)32(43)41-14-16-44-17-15-41/h9,21,23-25,27-30,36,38H,4-8,10-20,35H2,1-3H3,(H,39,42)/b26-9-,37-22+. The molecule has 3 fully saturated rings. The van der Waals surface area contributed by atoms with Crippen molar-refractivity contribution in [2.24, 2.45) is 28.5 Å². The minimum Gasteiger partial charge on any atom is -0.378 e. The number of nitrogens with zero attached hydrogens (tertiary/aromatic N) is 3. The number of unbranched alkanes of at least 4 members (excludes halogenated alkanes) is 2. The Morgan fingerprint density at radius 3 is 2.59 bits per heavy atom. The Balaban J connectivity index is 1.43. The molecule has 0 radical (unpaired) electrons. The smallest absolute Gasteiger partial charge is 0.232 e. The summed E-state index contributed by atoms with van der Waals surface area (Å²) >= 11 is 0. The molecule has 0 aromatic heterocycles. The lowest BCUT2D eigenvalue weighted by atomic mass is 9.89. The third kappa shape index (κ3) is 9.20. The first-order valence-corrected chi connectivity index (χ1v) is 16.8. The summed E-state index contributed by atoms with van der Waals surface area (Å²) in [6, 6.07) is -1.02. The predicted molar refractivity (Wildman–Crippen MR) is 169 cm³/mol. The van der Waals surface area contributed by atoms with E-state index in [9.17, 15) is 14.0 Å². The number of morpholine rings is 1. The molecule has 4 aliphatic heterocycles. The van der Waals surface area contributed by atoms with Crippen molar-refractivity contribution in [3.8, 4) is 0 Å². The van der Waals surface area contributed by atoms with Crippen molar-refractivity contribution in [2.45, 2.75) is 96.3 Å². The van der Waals surface area contributed by atoms with Crippen LogP contribution in [0.25, 0.3) is 0 Å². The molecule has 44 heavy (non-hydrogen) atoms. The maximum absolute atomic E-state index is 15.5. The number of halogens is 2. The van der Waals surface area contributed by atoms with E-state index in [2.05, 4.69) is 39.7 Å². The number of allylic oxidation sites excluding steroid dienone is 2. The normalized spacial score (nSPS) is 34.5. The van der Waals surface area contributed by atoms with E-state index < -0.39 is 36.5 Å². The third-order valence-corrected chi connectivity index (χ3v) is 9.77. The van der Waals surface area contributed by atoms with Crippen LogP contribution in [0, 0.1) is 17.8 Å². The second-order valence-corrected chi connectivity index (χ2v) is 13.0. The van der Waals surface area contributed by atoms with E-state index >= 15 is 4.39 Å². The predicted octanol–water partition coefficient (Wildman–Crippen LogP) is 2.15. The molecule has 0 aromatic rings. The fraction of sp³-hybridized carbons (Fsp3) is 0.844. The Bertz CT molecular complexity index is 1000. The van der Waals surface area contributed by atoms with Crippen molar-refractivity contribution < 1.29 is 23.1 Å². The number of hydrogen-bond donors (Lipinski definition) is 4. The van der Waals surface area contributed by atoms with E-state index in [-0.39, 0.29) is 43.2 Å². The first-order chi connectivity index (χ1) is 21.2. The summed E-state index contributed by atoms with van der Waals surface area (Å²) in [6.07, 6.45) is 4.57. The number of carbonyl (C=O) groups is 2. The summed E-state index contributed by atoms with van der Waals surface area (Å²) in [4.78, 5) is 35.4. The van der Waals surface area contributed by atoms with Crippen LogP contribution in [0.5, 0.6) is 0 Å². The molecule has 12 heteroatoms. The van der Waals surface area contributed by atoms with Crippen LogP contribution in [-0.4, -0.2) is 117 Å². The Morgan fingerprint density at radius 1 is 1.16 bits per heavy atom. The molecule has 0 saturated carbocycles. The summed E-state index contributed by atoms with van der Waals surface area (Å²) < 4.78 is 35.7. The molecule has 4 rings (SSSR count). The molecule has 4 aliphatic rings. The van der Waals surface area contributed by atoms with Crippen molar-refractivity contribution in [3.63, 3.8) is 0 Å². The highest BCUT2D eigenvalue weighted by molar-refractivity contribution is 6.04. The number of aliphatic imine (C=N–C) groups is 1. The van der Waals surface area contributed by atoms with Crippen molar-refractivity contribution in [3.05, 3.63) is 11.8 Å². The number of likely N-dealkylation sites (tertiary alicyclic amines) is 1. The monoisotopic (exact) mass is 623 g/mol. The number of nitrogens with two attached hydrogens (primary N) is 1. The van der Waals surface area contributed by atoms with Gasteiger partial charge in [-0.2, -0.15) is 0 Å². The molecule has 10 nitrogen and oxygen atoms in total. The van der Waals surface area contributed by atoms with Crippen molar-refractivity contribution in [2.75, 3.05) is 59.0 Å². The van der Waals surface area contributed by atoms with Crippen molar-refractivity contribution in [1.82, 2.24) is 25.8 Å². The highest BCUT2D eigenvalue weighted by Crippen LogP contribution is 2.26. The van der Waals surface area contributed by atoms with Gasteiger partial charge in [0.2, 0.25) is 11.8 Å². The van der Waals surface area contributed by atoms with E-state index in [1.807, 2.05) is 11.0 Å². The summed E-state index contributed by atoms with van der Waals surface area (Å²) in [5, 5.41) is 9.58. The minimum atomic E-state index is -1.18. The van der Waals surface area contributed by atoms with Gasteiger partial charge in [0.25, 0.3) is 0 Å². The largest absolute Gasteiger partial charge is 0.378 e.